The Bertz CT molecular complexity index is 354. The molecule has 0 spiro atoms. The molecule has 0 aliphatic carbocycles. The van der Waals surface area contributed by atoms with Gasteiger partial charge in [-0.15, -0.1) is 0 Å². The number of anilines is 1. The van der Waals surface area contributed by atoms with Crippen molar-refractivity contribution in [2.75, 3.05) is 24.5 Å². The molecule has 2 nitrogen and oxygen atoms in total. The summed E-state index contributed by atoms with van der Waals surface area (Å²) in [6, 6.07) is 7.48. The molecule has 19 heavy (non-hydrogen) atoms. The Kier molecular flexibility index (Phi) is 7.49. The highest BCUT2D eigenvalue weighted by molar-refractivity contribution is 5.46. The van der Waals surface area contributed by atoms with Gasteiger partial charge in [-0.2, -0.15) is 0 Å². The van der Waals surface area contributed by atoms with Crippen LogP contribution >= 0.6 is 0 Å². The van der Waals surface area contributed by atoms with Crippen molar-refractivity contribution in [3.63, 3.8) is 0 Å². The van der Waals surface area contributed by atoms with Crippen LogP contribution in [0.4, 0.5) is 10.1 Å². The zero-order valence-electron chi connectivity index (χ0n) is 12.5. The van der Waals surface area contributed by atoms with Gasteiger partial charge in [0.2, 0.25) is 0 Å². The van der Waals surface area contributed by atoms with E-state index in [1.807, 2.05) is 6.07 Å². The maximum absolute atomic E-state index is 13.2. The Hall–Kier alpha value is -1.09. The van der Waals surface area contributed by atoms with E-state index >= 15 is 0 Å². The van der Waals surface area contributed by atoms with Crippen molar-refractivity contribution in [3.05, 3.63) is 30.1 Å². The molecule has 0 radical (unpaired) electrons. The monoisotopic (exact) mass is 266 g/mol. The van der Waals surface area contributed by atoms with Crippen molar-refractivity contribution in [1.82, 2.24) is 5.32 Å². The first kappa shape index (κ1) is 16.0. The molecule has 1 aromatic rings. The number of nitrogens with zero attached hydrogens (tertiary/aromatic N) is 1. The molecule has 3 heteroatoms. The van der Waals surface area contributed by atoms with Gasteiger partial charge in [0.25, 0.3) is 0 Å². The number of hydrogen-bond donors (Lipinski definition) is 1. The van der Waals surface area contributed by atoms with Crippen LogP contribution in [0.5, 0.6) is 0 Å². The molecular formula is C16H27FN2. The zero-order valence-corrected chi connectivity index (χ0v) is 12.5. The average molecular weight is 266 g/mol. The van der Waals surface area contributed by atoms with E-state index in [1.54, 1.807) is 12.1 Å². The minimum absolute atomic E-state index is 0.157. The van der Waals surface area contributed by atoms with E-state index in [0.29, 0.717) is 6.04 Å². The molecule has 1 rings (SSSR count). The third-order valence-electron chi connectivity index (χ3n) is 3.52. The summed E-state index contributed by atoms with van der Waals surface area (Å²) in [7, 11) is 0. The van der Waals surface area contributed by atoms with Crippen LogP contribution in [0.2, 0.25) is 0 Å². The SMILES string of the molecule is CCNC(CC)CCCN(CC)c1cccc(F)c1. The molecule has 0 bridgehead atoms. The number of nitrogens with one attached hydrogen (secondary N) is 1. The number of halogens is 1. The summed E-state index contributed by atoms with van der Waals surface area (Å²) >= 11 is 0. The lowest BCUT2D eigenvalue weighted by Crippen LogP contribution is -2.30. The minimum Gasteiger partial charge on any atom is -0.372 e. The summed E-state index contributed by atoms with van der Waals surface area (Å²) in [4.78, 5) is 2.24. The van der Waals surface area contributed by atoms with E-state index in [0.717, 1.165) is 31.7 Å². The van der Waals surface area contributed by atoms with E-state index in [4.69, 9.17) is 0 Å². The molecule has 0 saturated heterocycles. The van der Waals surface area contributed by atoms with Gasteiger partial charge < -0.3 is 10.2 Å². The maximum Gasteiger partial charge on any atom is 0.125 e. The molecule has 1 atom stereocenters. The molecule has 1 unspecified atom stereocenters. The van der Waals surface area contributed by atoms with Crippen LogP contribution < -0.4 is 10.2 Å². The van der Waals surface area contributed by atoms with E-state index in [9.17, 15) is 4.39 Å². The molecule has 0 aliphatic rings. The van der Waals surface area contributed by atoms with Crippen molar-refractivity contribution in [2.24, 2.45) is 0 Å². The highest BCUT2D eigenvalue weighted by Crippen LogP contribution is 2.16. The second-order valence-corrected chi connectivity index (χ2v) is 4.86. The molecule has 0 heterocycles. The summed E-state index contributed by atoms with van der Waals surface area (Å²) in [5.41, 5.74) is 0.985. The Morgan fingerprint density at radius 2 is 2.05 bits per heavy atom. The minimum atomic E-state index is -0.157. The highest BCUT2D eigenvalue weighted by atomic mass is 19.1. The molecule has 0 fully saturated rings. The molecule has 0 amide bonds. The van der Waals surface area contributed by atoms with Gasteiger partial charge in [-0.05, 0) is 50.9 Å². The van der Waals surface area contributed by atoms with Crippen LogP contribution in [-0.2, 0) is 0 Å². The fraction of sp³-hybridized carbons (Fsp3) is 0.625. The van der Waals surface area contributed by atoms with Crippen molar-refractivity contribution in [1.29, 1.82) is 0 Å². The van der Waals surface area contributed by atoms with Gasteiger partial charge in [0.1, 0.15) is 5.82 Å². The molecule has 1 aromatic carbocycles. The lowest BCUT2D eigenvalue weighted by molar-refractivity contribution is 0.466. The third-order valence-corrected chi connectivity index (χ3v) is 3.52. The predicted molar refractivity (Wildman–Crippen MR) is 81.3 cm³/mol. The predicted octanol–water partition coefficient (Wildman–Crippen LogP) is 3.82. The number of rotatable bonds is 9. The fourth-order valence-electron chi connectivity index (χ4n) is 2.41. The van der Waals surface area contributed by atoms with Crippen LogP contribution in [0.3, 0.4) is 0 Å². The Morgan fingerprint density at radius 3 is 2.63 bits per heavy atom. The highest BCUT2D eigenvalue weighted by Gasteiger charge is 2.08. The van der Waals surface area contributed by atoms with Gasteiger partial charge in [-0.25, -0.2) is 4.39 Å². The Morgan fingerprint density at radius 1 is 1.26 bits per heavy atom. The summed E-state index contributed by atoms with van der Waals surface area (Å²) in [5.74, 6) is -0.157. The van der Waals surface area contributed by atoms with E-state index < -0.39 is 0 Å². The smallest absolute Gasteiger partial charge is 0.125 e. The van der Waals surface area contributed by atoms with Gasteiger partial charge in [0.05, 0.1) is 0 Å². The van der Waals surface area contributed by atoms with Gasteiger partial charge in [0, 0.05) is 24.8 Å². The van der Waals surface area contributed by atoms with E-state index in [2.05, 4.69) is 31.0 Å². The van der Waals surface area contributed by atoms with E-state index in [-0.39, 0.29) is 5.82 Å². The van der Waals surface area contributed by atoms with Gasteiger partial charge in [-0.1, -0.05) is 19.9 Å². The van der Waals surface area contributed by atoms with Crippen LogP contribution in [0.1, 0.15) is 40.0 Å². The lowest BCUT2D eigenvalue weighted by Gasteiger charge is -2.24. The average Bonchev–Trinajstić information content (AvgIpc) is 2.42. The largest absolute Gasteiger partial charge is 0.372 e. The number of benzene rings is 1. The molecular weight excluding hydrogens is 239 g/mol. The van der Waals surface area contributed by atoms with Crippen molar-refractivity contribution in [3.8, 4) is 0 Å². The van der Waals surface area contributed by atoms with E-state index in [1.165, 1.54) is 18.9 Å². The first-order valence-electron chi connectivity index (χ1n) is 7.45. The molecule has 108 valence electrons. The molecule has 0 aliphatic heterocycles. The molecule has 0 aromatic heterocycles. The first-order valence-corrected chi connectivity index (χ1v) is 7.45. The van der Waals surface area contributed by atoms with Crippen molar-refractivity contribution >= 4 is 5.69 Å². The first-order chi connectivity index (χ1) is 9.21. The summed E-state index contributed by atoms with van der Waals surface area (Å²) in [6.45, 7) is 9.42. The van der Waals surface area contributed by atoms with Crippen LogP contribution in [-0.4, -0.2) is 25.7 Å². The lowest BCUT2D eigenvalue weighted by atomic mass is 10.1. The zero-order chi connectivity index (χ0) is 14.1. The Labute approximate surface area is 117 Å². The fourth-order valence-corrected chi connectivity index (χ4v) is 2.41. The Balaban J connectivity index is 2.45. The van der Waals surface area contributed by atoms with Crippen molar-refractivity contribution < 1.29 is 4.39 Å². The second-order valence-electron chi connectivity index (χ2n) is 4.86. The quantitative estimate of drug-likeness (QED) is 0.731. The normalized spacial score (nSPS) is 12.4. The van der Waals surface area contributed by atoms with Crippen molar-refractivity contribution in [2.45, 2.75) is 46.1 Å². The molecule has 1 N–H and O–H groups in total. The summed E-state index contributed by atoms with van der Waals surface area (Å²) in [6.07, 6.45) is 3.48. The second kappa shape index (κ2) is 8.92. The standard InChI is InChI=1S/C16H27FN2/c1-4-15(18-5-2)10-8-12-19(6-3)16-11-7-9-14(17)13-16/h7,9,11,13,15,18H,4-6,8,10,12H2,1-3H3. The third kappa shape index (κ3) is 5.60. The summed E-state index contributed by atoms with van der Waals surface area (Å²) < 4.78 is 13.2. The van der Waals surface area contributed by atoms with Gasteiger partial charge in [0.15, 0.2) is 0 Å². The molecule has 0 saturated carbocycles. The van der Waals surface area contributed by atoms with Gasteiger partial charge >= 0.3 is 0 Å². The number of hydrogen-bond acceptors (Lipinski definition) is 2. The van der Waals surface area contributed by atoms with Crippen LogP contribution in [0.15, 0.2) is 24.3 Å². The topological polar surface area (TPSA) is 15.3 Å². The summed E-state index contributed by atoms with van der Waals surface area (Å²) in [5, 5.41) is 3.49. The maximum atomic E-state index is 13.2. The van der Waals surface area contributed by atoms with Crippen LogP contribution in [0, 0.1) is 5.82 Å². The van der Waals surface area contributed by atoms with Gasteiger partial charge in [-0.3, -0.25) is 0 Å². The van der Waals surface area contributed by atoms with Crippen LogP contribution in [0.25, 0.3) is 0 Å².